The van der Waals surface area contributed by atoms with Gasteiger partial charge in [0.2, 0.25) is 0 Å². The molecule has 0 saturated carbocycles. The van der Waals surface area contributed by atoms with Crippen molar-refractivity contribution < 1.29 is 9.72 Å². The van der Waals surface area contributed by atoms with Crippen molar-refractivity contribution in [2.75, 3.05) is 6.54 Å². The third-order valence-corrected chi connectivity index (χ3v) is 2.90. The molecule has 112 valence electrons. The van der Waals surface area contributed by atoms with Crippen LogP contribution in [0.25, 0.3) is 0 Å². The molecule has 0 saturated heterocycles. The molecule has 0 radical (unpaired) electrons. The summed E-state index contributed by atoms with van der Waals surface area (Å²) >= 11 is 0. The normalized spacial score (nSPS) is 10.5. The lowest BCUT2D eigenvalue weighted by Crippen LogP contribution is -2.28. The zero-order chi connectivity index (χ0) is 15.2. The second kappa shape index (κ2) is 6.64. The molecular weight excluding hydrogens is 276 g/mol. The van der Waals surface area contributed by atoms with Crippen LogP contribution in [-0.2, 0) is 13.0 Å². The van der Waals surface area contributed by atoms with Crippen LogP contribution in [0.1, 0.15) is 29.7 Å². The second-order valence-electron chi connectivity index (χ2n) is 4.47. The molecule has 1 amide bonds. The van der Waals surface area contributed by atoms with Crippen LogP contribution in [-0.4, -0.2) is 37.1 Å². The number of hydrogen-bond donors (Lipinski definition) is 2. The Bertz CT molecular complexity index is 619. The van der Waals surface area contributed by atoms with Gasteiger partial charge in [0, 0.05) is 25.6 Å². The zero-order valence-corrected chi connectivity index (χ0v) is 11.6. The summed E-state index contributed by atoms with van der Waals surface area (Å²) in [4.78, 5) is 26.4. The monoisotopic (exact) mass is 292 g/mol. The summed E-state index contributed by atoms with van der Waals surface area (Å²) in [6.07, 6.45) is 4.08. The number of nitrogens with one attached hydrogen (secondary N) is 2. The van der Waals surface area contributed by atoms with E-state index in [9.17, 15) is 14.9 Å². The van der Waals surface area contributed by atoms with E-state index in [-0.39, 0.29) is 11.6 Å². The number of aromatic nitrogens is 4. The van der Waals surface area contributed by atoms with Crippen molar-refractivity contribution >= 4 is 11.6 Å². The van der Waals surface area contributed by atoms with Gasteiger partial charge in [-0.25, -0.2) is 4.98 Å². The highest BCUT2D eigenvalue weighted by Crippen LogP contribution is 2.17. The van der Waals surface area contributed by atoms with Crippen molar-refractivity contribution in [1.82, 2.24) is 25.1 Å². The topological polar surface area (TPSA) is 119 Å². The first kappa shape index (κ1) is 14.7. The number of amides is 1. The van der Waals surface area contributed by atoms with Crippen LogP contribution in [0.15, 0.2) is 18.6 Å². The smallest absolute Gasteiger partial charge is 0.287 e. The van der Waals surface area contributed by atoms with Crippen molar-refractivity contribution in [3.05, 3.63) is 40.2 Å². The molecular formula is C12H16N6O3. The fourth-order valence-electron chi connectivity index (χ4n) is 1.95. The van der Waals surface area contributed by atoms with Crippen molar-refractivity contribution in [3.8, 4) is 0 Å². The molecule has 9 heteroatoms. The summed E-state index contributed by atoms with van der Waals surface area (Å²) in [5.41, 5.74) is 0.213. The molecule has 2 aromatic heterocycles. The molecule has 0 fully saturated rings. The fourth-order valence-corrected chi connectivity index (χ4v) is 1.95. The number of carbonyl (C=O) groups is 1. The quantitative estimate of drug-likeness (QED) is 0.580. The molecule has 0 aliphatic carbocycles. The van der Waals surface area contributed by atoms with Crippen LogP contribution in [0.3, 0.4) is 0 Å². The summed E-state index contributed by atoms with van der Waals surface area (Å²) in [6.45, 7) is 2.87. The molecule has 2 heterocycles. The average Bonchev–Trinajstić information content (AvgIpc) is 3.08. The van der Waals surface area contributed by atoms with Gasteiger partial charge in [0.05, 0.1) is 11.1 Å². The number of hydrogen-bond acceptors (Lipinski definition) is 5. The highest BCUT2D eigenvalue weighted by atomic mass is 16.6. The minimum atomic E-state index is -0.503. The van der Waals surface area contributed by atoms with Gasteiger partial charge in [-0.3, -0.25) is 20.0 Å². The number of rotatable bonds is 7. The van der Waals surface area contributed by atoms with Gasteiger partial charge in [0.25, 0.3) is 11.6 Å². The molecule has 21 heavy (non-hydrogen) atoms. The van der Waals surface area contributed by atoms with E-state index >= 15 is 0 Å². The van der Waals surface area contributed by atoms with Crippen LogP contribution in [0.4, 0.5) is 5.69 Å². The highest BCUT2D eigenvalue weighted by Gasteiger charge is 2.18. The molecule has 2 rings (SSSR count). The van der Waals surface area contributed by atoms with E-state index in [1.165, 1.54) is 18.6 Å². The molecule has 0 bridgehead atoms. The Hall–Kier alpha value is -2.71. The summed E-state index contributed by atoms with van der Waals surface area (Å²) < 4.78 is 1.60. The van der Waals surface area contributed by atoms with Crippen LogP contribution in [0.5, 0.6) is 0 Å². The summed E-state index contributed by atoms with van der Waals surface area (Å²) in [5, 5.41) is 19.9. The molecule has 0 aromatic carbocycles. The zero-order valence-electron chi connectivity index (χ0n) is 11.6. The molecule has 0 unspecified atom stereocenters. The number of carbonyl (C=O) groups excluding carboxylic acids is 1. The van der Waals surface area contributed by atoms with E-state index in [0.717, 1.165) is 6.42 Å². The number of aromatic amines is 1. The fraction of sp³-hybridized carbons (Fsp3) is 0.417. The Kier molecular flexibility index (Phi) is 4.64. The number of nitrogens with zero attached hydrogens (tertiary/aromatic N) is 4. The van der Waals surface area contributed by atoms with E-state index in [1.807, 2.05) is 6.92 Å². The number of nitro groups is 1. The molecule has 0 atom stereocenters. The molecule has 2 aromatic rings. The van der Waals surface area contributed by atoms with Crippen molar-refractivity contribution in [2.24, 2.45) is 0 Å². The first-order chi connectivity index (χ1) is 10.1. The Morgan fingerprint density at radius 1 is 1.57 bits per heavy atom. The first-order valence-corrected chi connectivity index (χ1v) is 6.58. The van der Waals surface area contributed by atoms with Gasteiger partial charge in [-0.15, -0.1) is 0 Å². The summed E-state index contributed by atoms with van der Waals surface area (Å²) in [6, 6.07) is 1.29. The number of aryl methyl sites for hydroxylation is 1. The van der Waals surface area contributed by atoms with Crippen molar-refractivity contribution in [3.63, 3.8) is 0 Å². The van der Waals surface area contributed by atoms with E-state index in [2.05, 4.69) is 20.5 Å². The van der Waals surface area contributed by atoms with Crippen LogP contribution >= 0.6 is 0 Å². The van der Waals surface area contributed by atoms with Gasteiger partial charge in [-0.2, -0.15) is 5.10 Å². The van der Waals surface area contributed by atoms with E-state index in [1.54, 1.807) is 4.57 Å². The minimum absolute atomic E-state index is 0.0798. The average molecular weight is 292 g/mol. The van der Waals surface area contributed by atoms with Gasteiger partial charge in [0.1, 0.15) is 17.8 Å². The lowest BCUT2D eigenvalue weighted by molar-refractivity contribution is -0.384. The standard InChI is InChI=1S/C12H16N6O3/c1-2-5-17-7-9(18(20)21)6-10(17)12(19)13-4-3-11-14-8-15-16-11/h6-8H,2-5H2,1H3,(H,13,19)(H,14,15,16). The third-order valence-electron chi connectivity index (χ3n) is 2.90. The largest absolute Gasteiger partial charge is 0.350 e. The SMILES string of the molecule is CCCn1cc([N+](=O)[O-])cc1C(=O)NCCc1ncn[nH]1. The maximum atomic E-state index is 12.1. The Morgan fingerprint density at radius 3 is 3.00 bits per heavy atom. The van der Waals surface area contributed by atoms with E-state index in [0.29, 0.717) is 31.0 Å². The van der Waals surface area contributed by atoms with Gasteiger partial charge < -0.3 is 9.88 Å². The first-order valence-electron chi connectivity index (χ1n) is 6.58. The summed E-state index contributed by atoms with van der Waals surface area (Å²) in [7, 11) is 0. The van der Waals surface area contributed by atoms with Gasteiger partial charge in [-0.05, 0) is 6.42 Å². The lowest BCUT2D eigenvalue weighted by atomic mass is 10.3. The maximum Gasteiger partial charge on any atom is 0.287 e. The summed E-state index contributed by atoms with van der Waals surface area (Å²) in [5.74, 6) is 0.335. The lowest BCUT2D eigenvalue weighted by Gasteiger charge is -2.07. The molecule has 2 N–H and O–H groups in total. The van der Waals surface area contributed by atoms with E-state index < -0.39 is 4.92 Å². The number of H-pyrrole nitrogens is 1. The van der Waals surface area contributed by atoms with Crippen molar-refractivity contribution in [1.29, 1.82) is 0 Å². The van der Waals surface area contributed by atoms with Crippen LogP contribution in [0, 0.1) is 10.1 Å². The molecule has 0 aliphatic heterocycles. The van der Waals surface area contributed by atoms with Crippen molar-refractivity contribution in [2.45, 2.75) is 26.3 Å². The van der Waals surface area contributed by atoms with Gasteiger partial charge in [-0.1, -0.05) is 6.92 Å². The Labute approximate surface area is 120 Å². The van der Waals surface area contributed by atoms with Gasteiger partial charge in [0.15, 0.2) is 0 Å². The van der Waals surface area contributed by atoms with Gasteiger partial charge >= 0.3 is 0 Å². The van der Waals surface area contributed by atoms with Crippen LogP contribution in [0.2, 0.25) is 0 Å². The predicted octanol–water partition coefficient (Wildman–Crippen LogP) is 0.897. The second-order valence-corrected chi connectivity index (χ2v) is 4.47. The molecule has 9 nitrogen and oxygen atoms in total. The third kappa shape index (κ3) is 3.65. The molecule has 0 aliphatic rings. The Balaban J connectivity index is 2.01. The van der Waals surface area contributed by atoms with Crippen LogP contribution < -0.4 is 5.32 Å². The highest BCUT2D eigenvalue weighted by molar-refractivity contribution is 5.93. The van der Waals surface area contributed by atoms with E-state index in [4.69, 9.17) is 0 Å². The minimum Gasteiger partial charge on any atom is -0.350 e. The predicted molar refractivity (Wildman–Crippen MR) is 73.8 cm³/mol. The molecule has 0 spiro atoms. The maximum absolute atomic E-state index is 12.1. The Morgan fingerprint density at radius 2 is 2.38 bits per heavy atom.